The zero-order valence-electron chi connectivity index (χ0n) is 25.9. The van der Waals surface area contributed by atoms with E-state index in [-0.39, 0.29) is 13.7 Å². The fraction of sp³-hybridized carbons (Fsp3) is 0. The molecule has 8 aromatic rings. The molecule has 0 atom stereocenters. The Labute approximate surface area is 278 Å². The molecule has 0 spiro atoms. The molecule has 5 heterocycles. The predicted molar refractivity (Wildman–Crippen MR) is 204 cm³/mol. The minimum atomic E-state index is 0.0603. The Hall–Kier alpha value is -5.99. The highest BCUT2D eigenvalue weighted by molar-refractivity contribution is 7.10. The average Bonchev–Trinajstić information content (AvgIpc) is 3.16. The average molecular weight is 602 g/mol. The second-order valence-electron chi connectivity index (χ2n) is 13.9. The number of fused-ring (bicyclic) bond motifs is 18. The van der Waals surface area contributed by atoms with Crippen molar-refractivity contribution in [1.82, 2.24) is 0 Å². The molecular weight excluding hydrogens is 578 g/mol. The van der Waals surface area contributed by atoms with Crippen LogP contribution in [0.1, 0.15) is 0 Å². The van der Waals surface area contributed by atoms with E-state index in [1.165, 1.54) is 111 Å². The molecule has 4 heteroatoms. The molecule has 2 nitrogen and oxygen atoms in total. The number of benzene rings is 8. The van der Waals surface area contributed by atoms with Gasteiger partial charge in [-0.1, -0.05) is 121 Å². The number of hydrogen-bond acceptors (Lipinski definition) is 2. The molecule has 48 heavy (non-hydrogen) atoms. The first-order chi connectivity index (χ1) is 23.9. The van der Waals surface area contributed by atoms with E-state index >= 15 is 0 Å². The summed E-state index contributed by atoms with van der Waals surface area (Å²) in [5.41, 5.74) is 22.0. The van der Waals surface area contributed by atoms with Crippen LogP contribution < -0.4 is 31.5 Å². The van der Waals surface area contributed by atoms with Crippen molar-refractivity contribution in [3.05, 3.63) is 146 Å². The number of anilines is 4. The van der Waals surface area contributed by atoms with Gasteiger partial charge < -0.3 is 9.62 Å². The van der Waals surface area contributed by atoms with Crippen molar-refractivity contribution in [1.29, 1.82) is 0 Å². The van der Waals surface area contributed by atoms with Crippen LogP contribution in [0.4, 0.5) is 22.7 Å². The predicted octanol–water partition coefficient (Wildman–Crippen LogP) is 8.12. The summed E-state index contributed by atoms with van der Waals surface area (Å²) in [7, 11) is 0. The van der Waals surface area contributed by atoms with Crippen LogP contribution in [0.15, 0.2) is 146 Å². The fourth-order valence-electron chi connectivity index (χ4n) is 10.5. The molecule has 0 amide bonds. The highest BCUT2D eigenvalue weighted by atomic mass is 15.1. The first-order valence-electron chi connectivity index (χ1n) is 17.0. The summed E-state index contributed by atoms with van der Waals surface area (Å²) in [5, 5.41) is 5.40. The van der Waals surface area contributed by atoms with Gasteiger partial charge in [0, 0.05) is 45.0 Å². The zero-order valence-corrected chi connectivity index (χ0v) is 25.9. The molecule has 0 aliphatic carbocycles. The smallest absolute Gasteiger partial charge is 0.328 e. The molecule has 0 aromatic heterocycles. The van der Waals surface area contributed by atoms with Crippen molar-refractivity contribution in [3.63, 3.8) is 0 Å². The number of nitrogens with zero attached hydrogens (tertiary/aromatic N) is 2. The van der Waals surface area contributed by atoms with E-state index in [1.807, 2.05) is 0 Å². The lowest BCUT2D eigenvalue weighted by atomic mass is 9.25. The van der Waals surface area contributed by atoms with Crippen molar-refractivity contribution >= 4 is 79.8 Å². The van der Waals surface area contributed by atoms with Gasteiger partial charge in [0.2, 0.25) is 0 Å². The third-order valence-electron chi connectivity index (χ3n) is 11.9. The monoisotopic (exact) mass is 602 g/mol. The van der Waals surface area contributed by atoms with Crippen LogP contribution in [0.2, 0.25) is 0 Å². The maximum absolute atomic E-state index is 2.70. The van der Waals surface area contributed by atoms with Gasteiger partial charge in [-0.05, 0) is 89.9 Å². The van der Waals surface area contributed by atoms with Crippen LogP contribution in [0, 0.1) is 0 Å². The summed E-state index contributed by atoms with van der Waals surface area (Å²) in [6.07, 6.45) is 0. The van der Waals surface area contributed by atoms with Crippen LogP contribution >= 0.6 is 0 Å². The van der Waals surface area contributed by atoms with Gasteiger partial charge in [0.05, 0.1) is 0 Å². The van der Waals surface area contributed by atoms with Gasteiger partial charge in [-0.3, -0.25) is 0 Å². The molecule has 5 aliphatic rings. The van der Waals surface area contributed by atoms with Crippen LogP contribution in [0.3, 0.4) is 0 Å². The summed E-state index contributed by atoms with van der Waals surface area (Å²) >= 11 is 0. The standard InChI is InChI=1S/C44H24B2N2/c1-2-14-26-25(13-1)37-29-17-5-9-21-33(29)47-35-23-11-7-19-31(35)39-27-15-3-4-16-28(27)40-32-20-8-12-24-36(32)48-34-22-10-6-18-30(34)38(26)42-41(37)45(47)43(39)44(40)46(42)48/h1-24H. The lowest BCUT2D eigenvalue weighted by molar-refractivity contribution is 1.33. The molecule has 8 aromatic carbocycles. The second-order valence-corrected chi connectivity index (χ2v) is 13.9. The Morgan fingerprint density at radius 3 is 0.771 bits per heavy atom. The van der Waals surface area contributed by atoms with E-state index < -0.39 is 0 Å². The maximum Gasteiger partial charge on any atom is 0.328 e. The Balaban J connectivity index is 1.37. The first kappa shape index (κ1) is 24.2. The Kier molecular flexibility index (Phi) is 4.09. The minimum Gasteiger partial charge on any atom is -0.376 e. The summed E-state index contributed by atoms with van der Waals surface area (Å²) in [4.78, 5) is 5.39. The first-order valence-corrected chi connectivity index (χ1v) is 17.0. The van der Waals surface area contributed by atoms with Crippen molar-refractivity contribution in [2.75, 3.05) is 9.62 Å². The highest BCUT2D eigenvalue weighted by Crippen LogP contribution is 2.55. The lowest BCUT2D eigenvalue weighted by Crippen LogP contribution is -2.80. The normalized spacial score (nSPS) is 14.5. The number of hydrogen-bond donors (Lipinski definition) is 0. The molecule has 0 unspecified atom stereocenters. The highest BCUT2D eigenvalue weighted by Gasteiger charge is 2.57. The van der Waals surface area contributed by atoms with Gasteiger partial charge in [0.25, 0.3) is 0 Å². The summed E-state index contributed by atoms with van der Waals surface area (Å²) < 4.78 is 0. The van der Waals surface area contributed by atoms with Gasteiger partial charge in [0.15, 0.2) is 0 Å². The summed E-state index contributed by atoms with van der Waals surface area (Å²) in [5.74, 6) is 0. The van der Waals surface area contributed by atoms with Gasteiger partial charge in [-0.2, -0.15) is 0 Å². The van der Waals surface area contributed by atoms with Crippen LogP contribution in [-0.2, 0) is 0 Å². The number of rotatable bonds is 0. The van der Waals surface area contributed by atoms with Crippen molar-refractivity contribution < 1.29 is 0 Å². The van der Waals surface area contributed by atoms with Crippen LogP contribution in [0.25, 0.3) is 66.1 Å². The molecule has 0 saturated carbocycles. The van der Waals surface area contributed by atoms with Gasteiger partial charge >= 0.3 is 13.7 Å². The Bertz CT molecular complexity index is 2450. The van der Waals surface area contributed by atoms with E-state index in [0.717, 1.165) is 0 Å². The third kappa shape index (κ3) is 2.50. The van der Waals surface area contributed by atoms with E-state index in [0.29, 0.717) is 0 Å². The topological polar surface area (TPSA) is 6.48 Å². The Morgan fingerprint density at radius 2 is 0.500 bits per heavy atom. The van der Waals surface area contributed by atoms with Crippen LogP contribution in [0.5, 0.6) is 0 Å². The van der Waals surface area contributed by atoms with Crippen LogP contribution in [-0.4, -0.2) is 13.7 Å². The summed E-state index contributed by atoms with van der Waals surface area (Å²) in [6, 6.07) is 55.0. The Morgan fingerprint density at radius 1 is 0.271 bits per heavy atom. The van der Waals surface area contributed by atoms with Crippen molar-refractivity contribution in [2.24, 2.45) is 0 Å². The maximum atomic E-state index is 2.70. The molecule has 13 rings (SSSR count). The second kappa shape index (κ2) is 8.10. The quantitative estimate of drug-likeness (QED) is 0.162. The van der Waals surface area contributed by atoms with Gasteiger partial charge in [-0.15, -0.1) is 0 Å². The summed E-state index contributed by atoms with van der Waals surface area (Å²) in [6.45, 7) is 0.121. The minimum absolute atomic E-state index is 0.0603. The molecular formula is C44H24B2N2. The zero-order chi connectivity index (χ0) is 30.8. The molecule has 0 fully saturated rings. The molecule has 0 saturated heterocycles. The largest absolute Gasteiger partial charge is 0.376 e. The third-order valence-corrected chi connectivity index (χ3v) is 11.9. The lowest BCUT2D eigenvalue weighted by Gasteiger charge is -2.54. The van der Waals surface area contributed by atoms with Gasteiger partial charge in [-0.25, -0.2) is 0 Å². The van der Waals surface area contributed by atoms with E-state index in [9.17, 15) is 0 Å². The molecule has 5 aliphatic heterocycles. The molecule has 0 N–H and O–H groups in total. The van der Waals surface area contributed by atoms with Gasteiger partial charge in [0.1, 0.15) is 0 Å². The molecule has 0 radical (unpaired) electrons. The van der Waals surface area contributed by atoms with Crippen molar-refractivity contribution in [3.8, 4) is 44.5 Å². The fourth-order valence-corrected chi connectivity index (χ4v) is 10.5. The SMILES string of the molecule is c1ccc2c(c1)-c1c3c4c(c5ccccc15)-c1ccccc1N1B4c4c5c(c6ccccc6c4-c4ccccc41)-c1ccccc1N2B35. The molecule has 0 bridgehead atoms. The molecule has 216 valence electrons. The van der Waals surface area contributed by atoms with E-state index in [2.05, 4.69) is 155 Å². The van der Waals surface area contributed by atoms with Crippen molar-refractivity contribution in [2.45, 2.75) is 0 Å². The number of para-hydroxylation sites is 4. The van der Waals surface area contributed by atoms with E-state index in [4.69, 9.17) is 0 Å². The van der Waals surface area contributed by atoms with E-state index in [1.54, 1.807) is 0 Å².